The van der Waals surface area contributed by atoms with Gasteiger partial charge in [0.15, 0.2) is 5.78 Å². The van der Waals surface area contributed by atoms with Gasteiger partial charge < -0.3 is 4.65 Å². The first-order valence-corrected chi connectivity index (χ1v) is 6.96. The van der Waals surface area contributed by atoms with Gasteiger partial charge in [-0.05, 0) is 23.5 Å². The minimum Gasteiger partial charge on any atom is -0.427 e. The van der Waals surface area contributed by atoms with E-state index in [-0.39, 0.29) is 12.7 Å². The van der Waals surface area contributed by atoms with Crippen LogP contribution in [0.1, 0.15) is 27.0 Å². The van der Waals surface area contributed by atoms with Crippen LogP contribution in [-0.4, -0.2) is 12.7 Å². The summed E-state index contributed by atoms with van der Waals surface area (Å²) in [6.45, 7) is 4.90. The molecule has 0 N–H and O–H groups in total. The molecule has 2 aromatic rings. The lowest BCUT2D eigenvalue weighted by Gasteiger charge is -2.05. The van der Waals surface area contributed by atoms with Crippen LogP contribution < -0.4 is 5.46 Å². The molecule has 0 aliphatic carbocycles. The molecule has 1 heterocycles. The van der Waals surface area contributed by atoms with Crippen LogP contribution in [0.3, 0.4) is 0 Å². The Kier molecular flexibility index (Phi) is 3.45. The van der Waals surface area contributed by atoms with Gasteiger partial charge in [-0.2, -0.15) is 0 Å². The molecule has 0 unspecified atom stereocenters. The predicted molar refractivity (Wildman–Crippen MR) is 81.7 cm³/mol. The highest BCUT2D eigenvalue weighted by molar-refractivity contribution is 6.67. The molecule has 0 bridgehead atoms. The van der Waals surface area contributed by atoms with Gasteiger partial charge in [0, 0.05) is 12.0 Å². The van der Waals surface area contributed by atoms with Crippen LogP contribution in [0.2, 0.25) is 6.82 Å². The van der Waals surface area contributed by atoms with Gasteiger partial charge in [-0.15, -0.1) is 0 Å². The molecular formula is C17H17BO2. The number of aryl methyl sites for hydroxylation is 1. The third-order valence-corrected chi connectivity index (χ3v) is 3.88. The van der Waals surface area contributed by atoms with Crippen molar-refractivity contribution in [3.05, 3.63) is 64.7 Å². The summed E-state index contributed by atoms with van der Waals surface area (Å²) in [5.74, 6) is 0.163. The van der Waals surface area contributed by atoms with Gasteiger partial charge in [-0.3, -0.25) is 4.79 Å². The van der Waals surface area contributed by atoms with E-state index >= 15 is 0 Å². The lowest BCUT2D eigenvalue weighted by Crippen LogP contribution is -2.24. The summed E-state index contributed by atoms with van der Waals surface area (Å²) in [4.78, 5) is 12.3. The molecule has 0 spiro atoms. The van der Waals surface area contributed by atoms with Gasteiger partial charge in [0.25, 0.3) is 0 Å². The van der Waals surface area contributed by atoms with Gasteiger partial charge in [0.1, 0.15) is 0 Å². The molecule has 2 aromatic carbocycles. The van der Waals surface area contributed by atoms with Crippen LogP contribution in [0.25, 0.3) is 0 Å². The zero-order chi connectivity index (χ0) is 14.1. The maximum atomic E-state index is 12.3. The topological polar surface area (TPSA) is 26.3 Å². The molecule has 0 atom stereocenters. The van der Waals surface area contributed by atoms with Crippen molar-refractivity contribution in [2.75, 3.05) is 0 Å². The fourth-order valence-corrected chi connectivity index (χ4v) is 2.60. The second-order valence-corrected chi connectivity index (χ2v) is 5.45. The third-order valence-electron chi connectivity index (χ3n) is 3.88. The molecule has 0 saturated heterocycles. The fourth-order valence-electron chi connectivity index (χ4n) is 2.60. The highest BCUT2D eigenvalue weighted by Crippen LogP contribution is 2.14. The van der Waals surface area contributed by atoms with Crippen molar-refractivity contribution in [3.8, 4) is 0 Å². The van der Waals surface area contributed by atoms with E-state index < -0.39 is 0 Å². The number of rotatable bonds is 3. The van der Waals surface area contributed by atoms with E-state index in [4.69, 9.17) is 4.65 Å². The van der Waals surface area contributed by atoms with E-state index in [1.165, 1.54) is 16.6 Å². The number of carbonyl (C=O) groups excluding carboxylic acids is 1. The van der Waals surface area contributed by atoms with Crippen molar-refractivity contribution < 1.29 is 9.45 Å². The summed E-state index contributed by atoms with van der Waals surface area (Å²) < 4.78 is 5.60. The number of fused-ring (bicyclic) bond motifs is 1. The Morgan fingerprint density at radius 1 is 1.20 bits per heavy atom. The van der Waals surface area contributed by atoms with E-state index in [1.807, 2.05) is 37.3 Å². The molecule has 1 aliphatic heterocycles. The lowest BCUT2D eigenvalue weighted by atomic mass is 9.64. The molecule has 0 aromatic heterocycles. The van der Waals surface area contributed by atoms with Crippen LogP contribution in [0.4, 0.5) is 0 Å². The van der Waals surface area contributed by atoms with Gasteiger partial charge in [0.2, 0.25) is 0 Å². The van der Waals surface area contributed by atoms with E-state index in [0.717, 1.165) is 11.1 Å². The molecule has 3 rings (SSSR count). The minimum absolute atomic E-state index is 0.138. The summed E-state index contributed by atoms with van der Waals surface area (Å²) in [5, 5.41) is 0. The van der Waals surface area contributed by atoms with Gasteiger partial charge in [0.05, 0.1) is 6.61 Å². The van der Waals surface area contributed by atoms with Gasteiger partial charge in [-0.25, -0.2) is 0 Å². The Hall–Kier alpha value is -1.87. The molecule has 20 heavy (non-hydrogen) atoms. The highest BCUT2D eigenvalue weighted by atomic mass is 16.4. The van der Waals surface area contributed by atoms with Gasteiger partial charge >= 0.3 is 6.92 Å². The van der Waals surface area contributed by atoms with Crippen LogP contribution in [0.15, 0.2) is 42.5 Å². The Morgan fingerprint density at radius 3 is 2.70 bits per heavy atom. The molecule has 0 fully saturated rings. The number of ketones is 1. The third kappa shape index (κ3) is 2.54. The Bertz CT molecular complexity index is 647. The first-order valence-electron chi connectivity index (χ1n) is 6.96. The number of carbonyl (C=O) groups is 1. The largest absolute Gasteiger partial charge is 0.427 e. The second kappa shape index (κ2) is 5.26. The van der Waals surface area contributed by atoms with Crippen molar-refractivity contribution >= 4 is 18.2 Å². The first kappa shape index (κ1) is 13.1. The number of Topliss-reactive ketones (excluding diaryl/α,β-unsaturated/α-hetero) is 1. The average molecular weight is 264 g/mol. The molecule has 0 radical (unpaired) electrons. The SMILES string of the molecule is CB1OCc2ccc(CC(=O)c3ccc(C)cc3)cc21. The lowest BCUT2D eigenvalue weighted by molar-refractivity contribution is 0.0993. The monoisotopic (exact) mass is 264 g/mol. The quantitative estimate of drug-likeness (QED) is 0.629. The molecular weight excluding hydrogens is 247 g/mol. The highest BCUT2D eigenvalue weighted by Gasteiger charge is 2.23. The maximum Gasteiger partial charge on any atom is 0.324 e. The summed E-state index contributed by atoms with van der Waals surface area (Å²) in [5.41, 5.74) is 5.47. The number of hydrogen-bond donors (Lipinski definition) is 0. The molecule has 100 valence electrons. The minimum atomic E-state index is 0.138. The summed E-state index contributed by atoms with van der Waals surface area (Å²) in [6, 6.07) is 14.0. The zero-order valence-electron chi connectivity index (χ0n) is 11.8. The Morgan fingerprint density at radius 2 is 1.95 bits per heavy atom. The average Bonchev–Trinajstić information content (AvgIpc) is 2.81. The second-order valence-electron chi connectivity index (χ2n) is 5.45. The van der Waals surface area contributed by atoms with E-state index in [9.17, 15) is 4.79 Å². The van der Waals surface area contributed by atoms with E-state index in [2.05, 4.69) is 19.0 Å². The Labute approximate surface area is 119 Å². The first-order chi connectivity index (χ1) is 9.63. The molecule has 3 heteroatoms. The zero-order valence-corrected chi connectivity index (χ0v) is 11.8. The molecule has 0 amide bonds. The molecule has 1 aliphatic rings. The predicted octanol–water partition coefficient (Wildman–Crippen LogP) is 2.78. The van der Waals surface area contributed by atoms with Gasteiger partial charge in [-0.1, -0.05) is 54.9 Å². The van der Waals surface area contributed by atoms with Crippen LogP contribution >= 0.6 is 0 Å². The molecule has 0 saturated carbocycles. The summed E-state index contributed by atoms with van der Waals surface area (Å²) in [7, 11) is 0. The van der Waals surface area contributed by atoms with Crippen LogP contribution in [-0.2, 0) is 17.7 Å². The van der Waals surface area contributed by atoms with Crippen LogP contribution in [0, 0.1) is 6.92 Å². The standard InChI is InChI=1S/C17H17BO2/c1-12-3-6-14(7-4-12)17(19)10-13-5-8-15-11-20-18(2)16(15)9-13/h3-9H,10-11H2,1-2H3. The van der Waals surface area contributed by atoms with Crippen molar-refractivity contribution in [1.82, 2.24) is 0 Å². The van der Waals surface area contributed by atoms with E-state index in [1.54, 1.807) is 0 Å². The van der Waals surface area contributed by atoms with Crippen LogP contribution in [0.5, 0.6) is 0 Å². The maximum absolute atomic E-state index is 12.3. The van der Waals surface area contributed by atoms with Crippen molar-refractivity contribution in [2.45, 2.75) is 26.8 Å². The number of benzene rings is 2. The van der Waals surface area contributed by atoms with E-state index in [0.29, 0.717) is 13.0 Å². The number of hydrogen-bond acceptors (Lipinski definition) is 2. The summed E-state index contributed by atoms with van der Waals surface area (Å²) >= 11 is 0. The van der Waals surface area contributed by atoms with Crippen molar-refractivity contribution in [3.63, 3.8) is 0 Å². The van der Waals surface area contributed by atoms with Crippen molar-refractivity contribution in [2.24, 2.45) is 0 Å². The smallest absolute Gasteiger partial charge is 0.324 e. The Balaban J connectivity index is 1.79. The normalized spacial score (nSPS) is 13.4. The fraction of sp³-hybridized carbons (Fsp3) is 0.235. The summed E-state index contributed by atoms with van der Waals surface area (Å²) in [6.07, 6.45) is 0.447. The molecule has 2 nitrogen and oxygen atoms in total. The van der Waals surface area contributed by atoms with Crippen molar-refractivity contribution in [1.29, 1.82) is 0 Å².